The summed E-state index contributed by atoms with van der Waals surface area (Å²) in [6.07, 6.45) is 2.61. The van der Waals surface area contributed by atoms with Gasteiger partial charge >= 0.3 is 0 Å². The van der Waals surface area contributed by atoms with Crippen LogP contribution in [0.25, 0.3) is 0 Å². The van der Waals surface area contributed by atoms with Gasteiger partial charge in [-0.05, 0) is 32.9 Å². The van der Waals surface area contributed by atoms with E-state index in [4.69, 9.17) is 4.74 Å². The first-order valence-corrected chi connectivity index (χ1v) is 7.57. The van der Waals surface area contributed by atoms with Gasteiger partial charge in [-0.3, -0.25) is 9.80 Å². The van der Waals surface area contributed by atoms with Gasteiger partial charge in [-0.25, -0.2) is 0 Å². The zero-order chi connectivity index (χ0) is 12.8. The average molecular weight is 255 g/mol. The molecule has 0 saturated carbocycles. The molecule has 2 heterocycles. The molecule has 2 unspecified atom stereocenters. The average Bonchev–Trinajstić information content (AvgIpc) is 2.89. The summed E-state index contributed by atoms with van der Waals surface area (Å²) in [6.45, 7) is 13.4. The molecule has 18 heavy (non-hydrogen) atoms. The third-order valence-corrected chi connectivity index (χ3v) is 4.37. The number of nitrogens with one attached hydrogen (secondary N) is 1. The summed E-state index contributed by atoms with van der Waals surface area (Å²) in [5.74, 6) is 0. The van der Waals surface area contributed by atoms with Crippen molar-refractivity contribution in [3.05, 3.63) is 0 Å². The summed E-state index contributed by atoms with van der Waals surface area (Å²) in [7, 11) is 0. The first kappa shape index (κ1) is 14.3. The van der Waals surface area contributed by atoms with Gasteiger partial charge in [-0.15, -0.1) is 0 Å². The van der Waals surface area contributed by atoms with E-state index in [2.05, 4.69) is 29.0 Å². The SMILES string of the molecule is CCNCCC(C)N1CCC(N2CCOCC2)C1. The highest BCUT2D eigenvalue weighted by Gasteiger charge is 2.30. The van der Waals surface area contributed by atoms with Crippen LogP contribution < -0.4 is 5.32 Å². The van der Waals surface area contributed by atoms with E-state index in [9.17, 15) is 0 Å². The molecule has 0 amide bonds. The number of rotatable bonds is 6. The molecule has 0 aromatic rings. The van der Waals surface area contributed by atoms with Crippen molar-refractivity contribution in [2.45, 2.75) is 38.8 Å². The van der Waals surface area contributed by atoms with E-state index >= 15 is 0 Å². The molecule has 2 atom stereocenters. The van der Waals surface area contributed by atoms with E-state index < -0.39 is 0 Å². The second-order valence-electron chi connectivity index (χ2n) is 5.58. The van der Waals surface area contributed by atoms with Crippen molar-refractivity contribution in [2.75, 3.05) is 52.5 Å². The quantitative estimate of drug-likeness (QED) is 0.710. The summed E-state index contributed by atoms with van der Waals surface area (Å²) >= 11 is 0. The molecule has 1 N–H and O–H groups in total. The highest BCUT2D eigenvalue weighted by atomic mass is 16.5. The first-order valence-electron chi connectivity index (χ1n) is 7.57. The molecule has 0 radical (unpaired) electrons. The largest absolute Gasteiger partial charge is 0.379 e. The van der Waals surface area contributed by atoms with Crippen LogP contribution in [0, 0.1) is 0 Å². The molecule has 106 valence electrons. The molecule has 4 nitrogen and oxygen atoms in total. The molecular formula is C14H29N3O. The topological polar surface area (TPSA) is 27.7 Å². The molecule has 2 aliphatic heterocycles. The highest BCUT2D eigenvalue weighted by molar-refractivity contribution is 4.86. The van der Waals surface area contributed by atoms with Gasteiger partial charge in [0.1, 0.15) is 0 Å². The number of likely N-dealkylation sites (tertiary alicyclic amines) is 1. The second kappa shape index (κ2) is 7.43. The monoisotopic (exact) mass is 255 g/mol. The van der Waals surface area contributed by atoms with Gasteiger partial charge in [-0.2, -0.15) is 0 Å². The summed E-state index contributed by atoms with van der Waals surface area (Å²) in [5, 5.41) is 3.42. The summed E-state index contributed by atoms with van der Waals surface area (Å²) < 4.78 is 5.44. The lowest BCUT2D eigenvalue weighted by Crippen LogP contribution is -2.45. The molecule has 2 saturated heterocycles. The maximum atomic E-state index is 5.44. The van der Waals surface area contributed by atoms with Crippen molar-refractivity contribution in [1.29, 1.82) is 0 Å². The minimum Gasteiger partial charge on any atom is -0.379 e. The van der Waals surface area contributed by atoms with Gasteiger partial charge in [-0.1, -0.05) is 6.92 Å². The third kappa shape index (κ3) is 3.92. The van der Waals surface area contributed by atoms with E-state index in [1.807, 2.05) is 0 Å². The zero-order valence-corrected chi connectivity index (χ0v) is 12.0. The molecule has 2 rings (SSSR count). The predicted octanol–water partition coefficient (Wildman–Crippen LogP) is 0.781. The van der Waals surface area contributed by atoms with Crippen molar-refractivity contribution >= 4 is 0 Å². The second-order valence-corrected chi connectivity index (χ2v) is 5.58. The van der Waals surface area contributed by atoms with E-state index in [1.165, 1.54) is 25.9 Å². The van der Waals surface area contributed by atoms with E-state index in [0.29, 0.717) is 0 Å². The Hall–Kier alpha value is -0.160. The van der Waals surface area contributed by atoms with Gasteiger partial charge in [0.25, 0.3) is 0 Å². The fourth-order valence-corrected chi connectivity index (χ4v) is 3.08. The van der Waals surface area contributed by atoms with Gasteiger partial charge in [0.15, 0.2) is 0 Å². The normalized spacial score (nSPS) is 28.7. The maximum absolute atomic E-state index is 5.44. The van der Waals surface area contributed by atoms with Gasteiger partial charge in [0, 0.05) is 38.3 Å². The Kier molecular flexibility index (Phi) is 5.89. The number of ether oxygens (including phenoxy) is 1. The third-order valence-electron chi connectivity index (χ3n) is 4.37. The van der Waals surface area contributed by atoms with Crippen LogP contribution in [0.5, 0.6) is 0 Å². The van der Waals surface area contributed by atoms with Crippen LogP contribution in [0.15, 0.2) is 0 Å². The molecule has 2 aliphatic rings. The molecule has 4 heteroatoms. The highest BCUT2D eigenvalue weighted by Crippen LogP contribution is 2.19. The molecule has 0 aromatic carbocycles. The maximum Gasteiger partial charge on any atom is 0.0594 e. The Morgan fingerprint density at radius 3 is 2.78 bits per heavy atom. The van der Waals surface area contributed by atoms with E-state index in [0.717, 1.165) is 51.5 Å². The Morgan fingerprint density at radius 2 is 2.06 bits per heavy atom. The summed E-state index contributed by atoms with van der Waals surface area (Å²) in [5.41, 5.74) is 0. The standard InChI is InChI=1S/C14H29N3O/c1-3-15-6-4-13(2)17-7-5-14(12-17)16-8-10-18-11-9-16/h13-15H,3-12H2,1-2H3. The van der Waals surface area contributed by atoms with E-state index in [1.54, 1.807) is 0 Å². The predicted molar refractivity (Wildman–Crippen MR) is 75.0 cm³/mol. The summed E-state index contributed by atoms with van der Waals surface area (Å²) in [4.78, 5) is 5.29. The molecule has 2 fully saturated rings. The van der Waals surface area contributed by atoms with Crippen LogP contribution in [-0.2, 0) is 4.74 Å². The Labute approximate surface area is 112 Å². The minimum atomic E-state index is 0.718. The molecule has 0 spiro atoms. The Morgan fingerprint density at radius 1 is 1.28 bits per heavy atom. The van der Waals surface area contributed by atoms with Gasteiger partial charge in [0.2, 0.25) is 0 Å². The fourth-order valence-electron chi connectivity index (χ4n) is 3.08. The number of nitrogens with zero attached hydrogens (tertiary/aromatic N) is 2. The van der Waals surface area contributed by atoms with Crippen molar-refractivity contribution in [3.8, 4) is 0 Å². The van der Waals surface area contributed by atoms with Crippen molar-refractivity contribution in [3.63, 3.8) is 0 Å². The number of morpholine rings is 1. The molecule has 0 bridgehead atoms. The number of hydrogen-bond acceptors (Lipinski definition) is 4. The number of hydrogen-bond donors (Lipinski definition) is 1. The Bertz CT molecular complexity index is 231. The zero-order valence-electron chi connectivity index (χ0n) is 12.0. The van der Waals surface area contributed by atoms with Gasteiger partial charge < -0.3 is 10.1 Å². The lowest BCUT2D eigenvalue weighted by Gasteiger charge is -2.33. The minimum absolute atomic E-state index is 0.718. The van der Waals surface area contributed by atoms with E-state index in [-0.39, 0.29) is 0 Å². The van der Waals surface area contributed by atoms with Crippen LogP contribution >= 0.6 is 0 Å². The first-order chi connectivity index (χ1) is 8.81. The van der Waals surface area contributed by atoms with Gasteiger partial charge in [0.05, 0.1) is 13.2 Å². The smallest absolute Gasteiger partial charge is 0.0594 e. The molecule has 0 aromatic heterocycles. The van der Waals surface area contributed by atoms with Crippen LogP contribution in [0.4, 0.5) is 0 Å². The van der Waals surface area contributed by atoms with Crippen molar-refractivity contribution < 1.29 is 4.74 Å². The van der Waals surface area contributed by atoms with Crippen LogP contribution in [0.3, 0.4) is 0 Å². The van der Waals surface area contributed by atoms with Crippen LogP contribution in [0.2, 0.25) is 0 Å². The van der Waals surface area contributed by atoms with Crippen LogP contribution in [-0.4, -0.2) is 74.4 Å². The lowest BCUT2D eigenvalue weighted by atomic mass is 10.2. The van der Waals surface area contributed by atoms with Crippen molar-refractivity contribution in [1.82, 2.24) is 15.1 Å². The molecular weight excluding hydrogens is 226 g/mol. The lowest BCUT2D eigenvalue weighted by molar-refractivity contribution is 0.0177. The summed E-state index contributed by atoms with van der Waals surface area (Å²) in [6, 6.07) is 1.49. The fraction of sp³-hybridized carbons (Fsp3) is 1.00. The Balaban J connectivity index is 1.69. The van der Waals surface area contributed by atoms with Crippen LogP contribution in [0.1, 0.15) is 26.7 Å². The van der Waals surface area contributed by atoms with Crippen molar-refractivity contribution in [2.24, 2.45) is 0 Å². The molecule has 0 aliphatic carbocycles.